The summed E-state index contributed by atoms with van der Waals surface area (Å²) >= 11 is 0. The van der Waals surface area contributed by atoms with Gasteiger partial charge in [-0.15, -0.1) is 0 Å². The second kappa shape index (κ2) is 4.18. The summed E-state index contributed by atoms with van der Waals surface area (Å²) in [6.07, 6.45) is 1.26. The van der Waals surface area contributed by atoms with E-state index in [0.29, 0.717) is 0 Å². The maximum absolute atomic E-state index is 11.4. The molecule has 16 heavy (non-hydrogen) atoms. The number of hydrogen-bond donors (Lipinski definition) is 2. The molecule has 0 saturated heterocycles. The molecule has 0 aliphatic heterocycles. The first-order valence-electron chi connectivity index (χ1n) is 4.70. The second-order valence-corrected chi connectivity index (χ2v) is 3.67. The average molecular weight is 223 g/mol. The summed E-state index contributed by atoms with van der Waals surface area (Å²) in [6.45, 7) is 3.59. The van der Waals surface area contributed by atoms with Gasteiger partial charge >= 0.3 is 0 Å². The van der Waals surface area contributed by atoms with Crippen molar-refractivity contribution in [1.82, 2.24) is 4.57 Å². The highest BCUT2D eigenvalue weighted by Crippen LogP contribution is 2.08. The lowest BCUT2D eigenvalue weighted by Gasteiger charge is -2.15. The Labute approximate surface area is 91.9 Å². The van der Waals surface area contributed by atoms with E-state index in [2.05, 4.69) is 0 Å². The van der Waals surface area contributed by atoms with Crippen molar-refractivity contribution in [2.75, 3.05) is 0 Å². The van der Waals surface area contributed by atoms with Gasteiger partial charge in [-0.3, -0.25) is 14.4 Å². The Kier molecular flexibility index (Phi) is 3.12. The molecular weight excluding hydrogens is 210 g/mol. The molecule has 1 aromatic rings. The topological polar surface area (TPSA) is 108 Å². The van der Waals surface area contributed by atoms with Gasteiger partial charge in [-0.05, 0) is 13.8 Å². The molecule has 1 aromatic heterocycles. The zero-order valence-corrected chi connectivity index (χ0v) is 9.06. The molecule has 0 atom stereocenters. The number of aromatic nitrogens is 1. The summed E-state index contributed by atoms with van der Waals surface area (Å²) in [4.78, 5) is 33.5. The number of nitrogens with two attached hydrogens (primary N) is 2. The van der Waals surface area contributed by atoms with Crippen LogP contribution in [0.2, 0.25) is 0 Å². The van der Waals surface area contributed by atoms with Gasteiger partial charge in [0.05, 0.1) is 0 Å². The molecule has 0 aliphatic carbocycles. The monoisotopic (exact) mass is 223 g/mol. The Hall–Kier alpha value is -2.11. The lowest BCUT2D eigenvalue weighted by molar-refractivity contribution is 0.0977. The van der Waals surface area contributed by atoms with Gasteiger partial charge in [0.2, 0.25) is 0 Å². The minimum atomic E-state index is -0.824. The van der Waals surface area contributed by atoms with Crippen LogP contribution >= 0.6 is 0 Å². The minimum Gasteiger partial charge on any atom is -0.365 e. The van der Waals surface area contributed by atoms with E-state index in [-0.39, 0.29) is 17.3 Å². The molecule has 1 heterocycles. The lowest BCUT2D eigenvalue weighted by atomic mass is 10.2. The normalized spacial score (nSPS) is 10.4. The van der Waals surface area contributed by atoms with Crippen LogP contribution in [-0.4, -0.2) is 16.4 Å². The Balaban J connectivity index is 3.56. The SMILES string of the molecule is CC(C)n1cc(C(N)=O)c(=O)cc1C(N)=O. The fraction of sp³-hybridized carbons (Fsp3) is 0.300. The number of carbonyl (C=O) groups excluding carboxylic acids is 2. The van der Waals surface area contributed by atoms with Gasteiger partial charge in [-0.1, -0.05) is 0 Å². The number of rotatable bonds is 3. The van der Waals surface area contributed by atoms with Crippen molar-refractivity contribution in [3.05, 3.63) is 33.7 Å². The summed E-state index contributed by atoms with van der Waals surface area (Å²) < 4.78 is 1.45. The summed E-state index contributed by atoms with van der Waals surface area (Å²) in [7, 11) is 0. The Morgan fingerprint density at radius 1 is 1.25 bits per heavy atom. The van der Waals surface area contributed by atoms with Crippen LogP contribution in [0.1, 0.15) is 40.7 Å². The molecule has 0 bridgehead atoms. The molecule has 0 unspecified atom stereocenters. The van der Waals surface area contributed by atoms with Gasteiger partial charge in [-0.2, -0.15) is 0 Å². The Morgan fingerprint density at radius 3 is 2.19 bits per heavy atom. The number of nitrogens with zero attached hydrogens (tertiary/aromatic N) is 1. The van der Waals surface area contributed by atoms with Crippen molar-refractivity contribution in [3.8, 4) is 0 Å². The quantitative estimate of drug-likeness (QED) is 0.729. The van der Waals surface area contributed by atoms with E-state index in [9.17, 15) is 14.4 Å². The molecule has 0 fully saturated rings. The third-order valence-corrected chi connectivity index (χ3v) is 2.15. The number of hydrogen-bond acceptors (Lipinski definition) is 3. The number of pyridine rings is 1. The molecule has 6 heteroatoms. The van der Waals surface area contributed by atoms with Crippen LogP contribution in [0.4, 0.5) is 0 Å². The van der Waals surface area contributed by atoms with E-state index in [4.69, 9.17) is 11.5 Å². The fourth-order valence-corrected chi connectivity index (χ4v) is 1.36. The summed E-state index contributed by atoms with van der Waals surface area (Å²) in [6, 6.07) is 0.920. The zero-order valence-electron chi connectivity index (χ0n) is 9.06. The van der Waals surface area contributed by atoms with Crippen molar-refractivity contribution < 1.29 is 9.59 Å². The average Bonchev–Trinajstić information content (AvgIpc) is 2.15. The second-order valence-electron chi connectivity index (χ2n) is 3.67. The van der Waals surface area contributed by atoms with Crippen molar-refractivity contribution in [1.29, 1.82) is 0 Å². The molecule has 4 N–H and O–H groups in total. The smallest absolute Gasteiger partial charge is 0.265 e. The van der Waals surface area contributed by atoms with Gasteiger partial charge in [0.25, 0.3) is 11.8 Å². The highest BCUT2D eigenvalue weighted by atomic mass is 16.2. The van der Waals surface area contributed by atoms with Gasteiger partial charge in [-0.25, -0.2) is 0 Å². The predicted octanol–water partition coefficient (Wildman–Crippen LogP) is -0.373. The number of primary amides is 2. The maximum Gasteiger partial charge on any atom is 0.265 e. The third kappa shape index (κ3) is 2.10. The zero-order chi connectivity index (χ0) is 12.5. The molecule has 0 aromatic carbocycles. The van der Waals surface area contributed by atoms with E-state index in [1.165, 1.54) is 10.8 Å². The van der Waals surface area contributed by atoms with Crippen molar-refractivity contribution in [3.63, 3.8) is 0 Å². The Bertz CT molecular complexity index is 503. The van der Waals surface area contributed by atoms with Crippen molar-refractivity contribution >= 4 is 11.8 Å². The van der Waals surface area contributed by atoms with E-state index >= 15 is 0 Å². The van der Waals surface area contributed by atoms with Crippen LogP contribution in [-0.2, 0) is 0 Å². The van der Waals surface area contributed by atoms with E-state index in [0.717, 1.165) is 6.07 Å². The van der Waals surface area contributed by atoms with E-state index in [1.54, 1.807) is 13.8 Å². The van der Waals surface area contributed by atoms with Crippen LogP contribution in [0.3, 0.4) is 0 Å². The van der Waals surface area contributed by atoms with Crippen LogP contribution in [0.15, 0.2) is 17.1 Å². The van der Waals surface area contributed by atoms with E-state index in [1.807, 2.05) is 0 Å². The number of carbonyl (C=O) groups is 2. The standard InChI is InChI=1S/C10H13N3O3/c1-5(2)13-4-6(9(11)15)8(14)3-7(13)10(12)16/h3-5H,1-2H3,(H2,11,15)(H2,12,16). The molecule has 0 saturated carbocycles. The number of amides is 2. The molecule has 0 aliphatic rings. The molecule has 86 valence electrons. The molecule has 1 rings (SSSR count). The van der Waals surface area contributed by atoms with Crippen LogP contribution in [0.25, 0.3) is 0 Å². The Morgan fingerprint density at radius 2 is 1.81 bits per heavy atom. The largest absolute Gasteiger partial charge is 0.365 e. The molecule has 0 radical (unpaired) electrons. The first-order chi connectivity index (χ1) is 7.34. The van der Waals surface area contributed by atoms with Crippen molar-refractivity contribution in [2.45, 2.75) is 19.9 Å². The third-order valence-electron chi connectivity index (χ3n) is 2.15. The first kappa shape index (κ1) is 12.0. The maximum atomic E-state index is 11.4. The summed E-state index contributed by atoms with van der Waals surface area (Å²) in [5.74, 6) is -1.54. The first-order valence-corrected chi connectivity index (χ1v) is 4.70. The van der Waals surface area contributed by atoms with Crippen LogP contribution in [0.5, 0.6) is 0 Å². The summed E-state index contributed by atoms with van der Waals surface area (Å²) in [5.41, 5.74) is 9.48. The molecular formula is C10H13N3O3. The minimum absolute atomic E-state index is 0.0602. The molecule has 0 spiro atoms. The van der Waals surface area contributed by atoms with Crippen molar-refractivity contribution in [2.24, 2.45) is 11.5 Å². The predicted molar refractivity (Wildman–Crippen MR) is 58.1 cm³/mol. The van der Waals surface area contributed by atoms with Gasteiger partial charge in [0.15, 0.2) is 5.43 Å². The van der Waals surface area contributed by atoms with E-state index < -0.39 is 17.2 Å². The molecule has 6 nitrogen and oxygen atoms in total. The summed E-state index contributed by atoms with van der Waals surface area (Å²) in [5, 5.41) is 0. The fourth-order valence-electron chi connectivity index (χ4n) is 1.36. The highest BCUT2D eigenvalue weighted by Gasteiger charge is 2.15. The van der Waals surface area contributed by atoms with Gasteiger partial charge < -0.3 is 16.0 Å². The van der Waals surface area contributed by atoms with Gasteiger partial charge in [0, 0.05) is 18.3 Å². The lowest BCUT2D eigenvalue weighted by Crippen LogP contribution is -2.28. The van der Waals surface area contributed by atoms with Crippen LogP contribution in [0, 0.1) is 0 Å². The van der Waals surface area contributed by atoms with Crippen LogP contribution < -0.4 is 16.9 Å². The molecule has 2 amide bonds. The van der Waals surface area contributed by atoms with Gasteiger partial charge in [0.1, 0.15) is 11.3 Å². The highest BCUT2D eigenvalue weighted by molar-refractivity contribution is 5.95.